The zero-order valence-electron chi connectivity index (χ0n) is 33.7. The molecule has 3 N–H and O–H groups in total. The molecule has 0 aliphatic heterocycles. The summed E-state index contributed by atoms with van der Waals surface area (Å²) in [4.78, 5) is 34.9. The summed E-state index contributed by atoms with van der Waals surface area (Å²) in [7, 11) is -4.62. The summed E-state index contributed by atoms with van der Waals surface area (Å²) in [6.45, 7) is 2.34. The number of hydrogen-bond acceptors (Lipinski definition) is 9. The van der Waals surface area contributed by atoms with E-state index in [0.717, 1.165) is 32.1 Å². The van der Waals surface area contributed by atoms with Gasteiger partial charge in [0.1, 0.15) is 12.7 Å². The van der Waals surface area contributed by atoms with Crippen LogP contribution in [0.5, 0.6) is 0 Å². The fourth-order valence-electron chi connectivity index (χ4n) is 5.80. The Morgan fingerprint density at radius 3 is 1.51 bits per heavy atom. The fraction of sp³-hybridized carbons (Fsp3) is 0.857. The summed E-state index contributed by atoms with van der Waals surface area (Å²) < 4.78 is 32.6. The summed E-state index contributed by atoms with van der Waals surface area (Å²) >= 11 is 0. The van der Waals surface area contributed by atoms with E-state index in [4.69, 9.17) is 19.1 Å². The quantitative estimate of drug-likeness (QED) is 0.0238. The molecule has 3 atom stereocenters. The number of rotatable bonds is 40. The summed E-state index contributed by atoms with van der Waals surface area (Å²) in [5.74, 6) is -0.972. The van der Waals surface area contributed by atoms with E-state index in [1.165, 1.54) is 116 Å². The summed E-state index contributed by atoms with van der Waals surface area (Å²) in [6, 6.07) is 0. The molecular weight excluding hydrogens is 695 g/mol. The van der Waals surface area contributed by atoms with Crippen molar-refractivity contribution >= 4 is 19.8 Å². The third-order valence-corrected chi connectivity index (χ3v) is 10.1. The minimum Gasteiger partial charge on any atom is -0.462 e. The van der Waals surface area contributed by atoms with E-state index >= 15 is 0 Å². The van der Waals surface area contributed by atoms with Crippen molar-refractivity contribution in [3.63, 3.8) is 0 Å². The minimum absolute atomic E-state index is 0.123. The molecule has 0 bridgehead atoms. The van der Waals surface area contributed by atoms with Gasteiger partial charge in [-0.2, -0.15) is 0 Å². The van der Waals surface area contributed by atoms with Gasteiger partial charge in [0, 0.05) is 12.8 Å². The monoisotopic (exact) mass is 775 g/mol. The number of ether oxygens (including phenoxy) is 2. The van der Waals surface area contributed by atoms with Gasteiger partial charge < -0.3 is 24.6 Å². The SMILES string of the molecule is CCCCCCCCCCC/C=C/C/C=C/CCCC(=O)O[C@H](COC(=O)CCCCCCCCCCCCCCC)COP(=O)(O)OC[C@@H](O)CO. The van der Waals surface area contributed by atoms with Crippen LogP contribution in [0, 0.1) is 0 Å². The minimum atomic E-state index is -4.62. The molecule has 1 unspecified atom stereocenters. The van der Waals surface area contributed by atoms with E-state index < -0.39 is 51.8 Å². The Labute approximate surface area is 323 Å². The second-order valence-electron chi connectivity index (χ2n) is 14.4. The molecule has 0 fully saturated rings. The standard InChI is InChI=1S/C42H79O10P/c1-3-5-7-9-11-13-15-17-18-19-20-22-24-26-28-30-32-34-42(46)52-40(38-51-53(47,48)50-36-39(44)35-43)37-49-41(45)33-31-29-27-25-23-21-16-14-12-10-8-6-4-2/h20,22,26,28,39-40,43-44H,3-19,21,23-25,27,29-38H2,1-2H3,(H,47,48)/b22-20+,28-26+/t39-,40+/m0/s1. The smallest absolute Gasteiger partial charge is 0.462 e. The Bertz CT molecular complexity index is 941. The van der Waals surface area contributed by atoms with E-state index in [-0.39, 0.29) is 19.4 Å². The Hall–Kier alpha value is -1.55. The third-order valence-electron chi connectivity index (χ3n) is 9.11. The largest absolute Gasteiger partial charge is 0.472 e. The van der Waals surface area contributed by atoms with Crippen molar-refractivity contribution in [3.05, 3.63) is 24.3 Å². The molecular formula is C42H79O10P. The first-order valence-electron chi connectivity index (χ1n) is 21.3. The molecule has 0 saturated heterocycles. The predicted octanol–water partition coefficient (Wildman–Crippen LogP) is 11.0. The second kappa shape index (κ2) is 38.7. The fourth-order valence-corrected chi connectivity index (χ4v) is 6.59. The van der Waals surface area contributed by atoms with Crippen molar-refractivity contribution in [2.75, 3.05) is 26.4 Å². The molecule has 0 radical (unpaired) electrons. The van der Waals surface area contributed by atoms with Crippen molar-refractivity contribution in [1.29, 1.82) is 0 Å². The molecule has 11 heteroatoms. The van der Waals surface area contributed by atoms with Crippen molar-refractivity contribution in [2.45, 2.75) is 206 Å². The molecule has 0 saturated carbocycles. The normalized spacial score (nSPS) is 14.1. The Kier molecular flexibility index (Phi) is 37.6. The van der Waals surface area contributed by atoms with Crippen LogP contribution in [0.2, 0.25) is 0 Å². The van der Waals surface area contributed by atoms with E-state index in [2.05, 4.69) is 36.6 Å². The number of allylic oxidation sites excluding steroid dienone is 4. The molecule has 0 spiro atoms. The van der Waals surface area contributed by atoms with Crippen LogP contribution in [-0.4, -0.2) is 65.7 Å². The maximum absolute atomic E-state index is 12.6. The Balaban J connectivity index is 4.36. The summed E-state index contributed by atoms with van der Waals surface area (Å²) in [5.41, 5.74) is 0. The molecule has 0 aliphatic rings. The van der Waals surface area contributed by atoms with Crippen LogP contribution in [0.3, 0.4) is 0 Å². The van der Waals surface area contributed by atoms with Crippen LogP contribution < -0.4 is 0 Å². The highest BCUT2D eigenvalue weighted by Gasteiger charge is 2.27. The van der Waals surface area contributed by atoms with Gasteiger partial charge in [0.2, 0.25) is 0 Å². The van der Waals surface area contributed by atoms with E-state index in [1.54, 1.807) is 0 Å². The van der Waals surface area contributed by atoms with Gasteiger partial charge in [0.25, 0.3) is 0 Å². The number of aliphatic hydroxyl groups excluding tert-OH is 2. The first-order chi connectivity index (χ1) is 25.7. The first-order valence-corrected chi connectivity index (χ1v) is 22.8. The zero-order valence-corrected chi connectivity index (χ0v) is 34.6. The van der Waals surface area contributed by atoms with Gasteiger partial charge in [-0.05, 0) is 38.5 Å². The van der Waals surface area contributed by atoms with Gasteiger partial charge in [0.05, 0.1) is 19.8 Å². The van der Waals surface area contributed by atoms with Crippen LogP contribution in [0.25, 0.3) is 0 Å². The van der Waals surface area contributed by atoms with E-state index in [9.17, 15) is 24.2 Å². The van der Waals surface area contributed by atoms with Gasteiger partial charge >= 0.3 is 19.8 Å². The van der Waals surface area contributed by atoms with Gasteiger partial charge in [-0.1, -0.05) is 167 Å². The molecule has 0 aliphatic carbocycles. The first kappa shape index (κ1) is 51.5. The molecule has 0 rings (SSSR count). The van der Waals surface area contributed by atoms with Crippen LogP contribution in [-0.2, 0) is 32.7 Å². The lowest BCUT2D eigenvalue weighted by molar-refractivity contribution is -0.161. The number of carbonyl (C=O) groups excluding carboxylic acids is 2. The van der Waals surface area contributed by atoms with Crippen molar-refractivity contribution in [2.24, 2.45) is 0 Å². The molecule has 0 aromatic carbocycles. The van der Waals surface area contributed by atoms with Crippen LogP contribution in [0.4, 0.5) is 0 Å². The molecule has 0 aromatic rings. The topological polar surface area (TPSA) is 149 Å². The van der Waals surface area contributed by atoms with Gasteiger partial charge in [-0.25, -0.2) is 4.57 Å². The maximum atomic E-state index is 12.6. The summed E-state index contributed by atoms with van der Waals surface area (Å²) in [5, 5.41) is 18.3. The van der Waals surface area contributed by atoms with Gasteiger partial charge in [-0.3, -0.25) is 18.6 Å². The van der Waals surface area contributed by atoms with Crippen molar-refractivity contribution < 1.29 is 47.8 Å². The van der Waals surface area contributed by atoms with Crippen LogP contribution in [0.15, 0.2) is 24.3 Å². The van der Waals surface area contributed by atoms with E-state index in [1.807, 2.05) is 6.08 Å². The lowest BCUT2D eigenvalue weighted by atomic mass is 10.0. The van der Waals surface area contributed by atoms with Crippen molar-refractivity contribution in [1.82, 2.24) is 0 Å². The lowest BCUT2D eigenvalue weighted by Crippen LogP contribution is -2.29. The molecule has 0 aromatic heterocycles. The number of phosphoric acid groups is 1. The third kappa shape index (κ3) is 38.5. The molecule has 0 amide bonds. The van der Waals surface area contributed by atoms with Crippen LogP contribution >= 0.6 is 7.82 Å². The highest BCUT2D eigenvalue weighted by atomic mass is 31.2. The van der Waals surface area contributed by atoms with Crippen LogP contribution in [0.1, 0.15) is 194 Å². The number of carbonyl (C=O) groups is 2. The Morgan fingerprint density at radius 1 is 0.566 bits per heavy atom. The average Bonchev–Trinajstić information content (AvgIpc) is 3.14. The highest BCUT2D eigenvalue weighted by molar-refractivity contribution is 7.47. The second-order valence-corrected chi connectivity index (χ2v) is 15.8. The van der Waals surface area contributed by atoms with Gasteiger partial charge in [0.15, 0.2) is 6.10 Å². The van der Waals surface area contributed by atoms with Gasteiger partial charge in [-0.15, -0.1) is 0 Å². The molecule has 53 heavy (non-hydrogen) atoms. The molecule has 0 heterocycles. The Morgan fingerprint density at radius 2 is 1.00 bits per heavy atom. The number of unbranched alkanes of at least 4 members (excludes halogenated alkanes) is 22. The number of esters is 2. The predicted molar refractivity (Wildman–Crippen MR) is 215 cm³/mol. The average molecular weight is 775 g/mol. The molecule has 312 valence electrons. The molecule has 10 nitrogen and oxygen atoms in total. The lowest BCUT2D eigenvalue weighted by Gasteiger charge is -2.20. The van der Waals surface area contributed by atoms with Crippen molar-refractivity contribution in [3.8, 4) is 0 Å². The maximum Gasteiger partial charge on any atom is 0.472 e. The summed E-state index contributed by atoms with van der Waals surface area (Å²) in [6.07, 6.45) is 37.2. The zero-order chi connectivity index (χ0) is 39.1. The number of aliphatic hydroxyl groups is 2. The van der Waals surface area contributed by atoms with E-state index in [0.29, 0.717) is 19.3 Å². The number of hydrogen-bond donors (Lipinski definition) is 3. The number of phosphoric ester groups is 1. The highest BCUT2D eigenvalue weighted by Crippen LogP contribution is 2.43.